The van der Waals surface area contributed by atoms with Gasteiger partial charge in [0.25, 0.3) is 0 Å². The van der Waals surface area contributed by atoms with Crippen LogP contribution in [-0.2, 0) is 9.32 Å². The topological polar surface area (TPSA) is 52.3 Å². The van der Waals surface area contributed by atoms with E-state index in [0.717, 1.165) is 0 Å². The van der Waals surface area contributed by atoms with Crippen molar-refractivity contribution in [1.29, 1.82) is 0 Å². The smallest absolute Gasteiger partial charge is 0.219 e. The molecule has 0 fully saturated rings. The van der Waals surface area contributed by atoms with E-state index in [1.54, 1.807) is 0 Å². The first-order chi connectivity index (χ1) is 3.27. The van der Waals surface area contributed by atoms with Crippen molar-refractivity contribution in [2.75, 3.05) is 6.61 Å². The molecule has 4 heteroatoms. The molecule has 0 aromatic rings. The second-order valence-electron chi connectivity index (χ2n) is 1.12. The number of carbonyl (C=O) groups is 1. The Morgan fingerprint density at radius 2 is 2.43 bits per heavy atom. The maximum absolute atomic E-state index is 9.90. The van der Waals surface area contributed by atoms with Crippen molar-refractivity contribution in [3.8, 4) is 0 Å². The van der Waals surface area contributed by atoms with Gasteiger partial charge in [0.2, 0.25) is 5.91 Å². The van der Waals surface area contributed by atoms with Crippen LogP contribution in [0.15, 0.2) is 0 Å². The SMILES string of the molecule is NC(=O)CCO[PH3+]. The fraction of sp³-hybridized carbons (Fsp3) is 0.667. The van der Waals surface area contributed by atoms with E-state index in [-0.39, 0.29) is 5.91 Å². The van der Waals surface area contributed by atoms with Crippen molar-refractivity contribution in [2.45, 2.75) is 6.42 Å². The zero-order valence-electron chi connectivity index (χ0n) is 4.02. The predicted molar refractivity (Wildman–Crippen MR) is 30.9 cm³/mol. The fourth-order valence-electron chi connectivity index (χ4n) is 0.173. The average molecular weight is 122 g/mol. The maximum atomic E-state index is 9.90. The fourth-order valence-corrected chi connectivity index (χ4v) is 0.317. The summed E-state index contributed by atoms with van der Waals surface area (Å²) in [4.78, 5) is 9.90. The largest absolute Gasteiger partial charge is 0.370 e. The van der Waals surface area contributed by atoms with Crippen LogP contribution in [-0.4, -0.2) is 12.5 Å². The number of hydrogen-bond acceptors (Lipinski definition) is 2. The third-order valence-corrected chi connectivity index (χ3v) is 0.781. The molecule has 0 rings (SSSR count). The van der Waals surface area contributed by atoms with Gasteiger partial charge in [0, 0.05) is 0 Å². The van der Waals surface area contributed by atoms with Crippen LogP contribution >= 0.6 is 9.47 Å². The van der Waals surface area contributed by atoms with Crippen LogP contribution in [0.2, 0.25) is 0 Å². The lowest BCUT2D eigenvalue weighted by Gasteiger charge is -1.85. The summed E-state index contributed by atoms with van der Waals surface area (Å²) in [5.74, 6) is -0.313. The minimum absolute atomic E-state index is 0.313. The Morgan fingerprint density at radius 1 is 1.86 bits per heavy atom. The van der Waals surface area contributed by atoms with Crippen molar-refractivity contribution in [2.24, 2.45) is 5.73 Å². The van der Waals surface area contributed by atoms with Gasteiger partial charge in [-0.15, -0.1) is 0 Å². The number of hydrogen-bond donors (Lipinski definition) is 1. The molecule has 0 heterocycles. The van der Waals surface area contributed by atoms with Gasteiger partial charge in [0.05, 0.1) is 13.0 Å². The van der Waals surface area contributed by atoms with Gasteiger partial charge >= 0.3 is 0 Å². The van der Waals surface area contributed by atoms with Gasteiger partial charge in [-0.1, -0.05) is 0 Å². The van der Waals surface area contributed by atoms with Crippen LogP contribution in [0.25, 0.3) is 0 Å². The molecule has 0 saturated heterocycles. The van der Waals surface area contributed by atoms with Crippen molar-refractivity contribution >= 4 is 15.4 Å². The number of rotatable bonds is 3. The first-order valence-electron chi connectivity index (χ1n) is 1.92. The van der Waals surface area contributed by atoms with E-state index in [0.29, 0.717) is 13.0 Å². The minimum Gasteiger partial charge on any atom is -0.370 e. The molecular formula is C3H9NO2P+. The Kier molecular flexibility index (Phi) is 3.95. The maximum Gasteiger partial charge on any atom is 0.219 e. The van der Waals surface area contributed by atoms with Crippen molar-refractivity contribution in [1.82, 2.24) is 0 Å². The second kappa shape index (κ2) is 4.03. The van der Waals surface area contributed by atoms with Crippen molar-refractivity contribution in [3.05, 3.63) is 0 Å². The molecule has 0 radical (unpaired) electrons. The summed E-state index contributed by atoms with van der Waals surface area (Å²) in [7, 11) is 1.36. The molecule has 1 unspecified atom stereocenters. The Balaban J connectivity index is 2.82. The molecule has 0 aliphatic heterocycles. The van der Waals surface area contributed by atoms with E-state index >= 15 is 0 Å². The van der Waals surface area contributed by atoms with Gasteiger partial charge in [-0.2, -0.15) is 0 Å². The standard InChI is InChI=1S/C3H8NO2P/c4-3(5)1-2-6-7/h1-2H2,7H3,(H-,4,5)/p+1. The highest BCUT2D eigenvalue weighted by molar-refractivity contribution is 7.09. The number of amides is 1. The second-order valence-corrected chi connectivity index (χ2v) is 1.53. The van der Waals surface area contributed by atoms with Gasteiger partial charge in [0.1, 0.15) is 9.47 Å². The van der Waals surface area contributed by atoms with Gasteiger partial charge in [-0.3, -0.25) is 4.79 Å². The Labute approximate surface area is 44.5 Å². The highest BCUT2D eigenvalue weighted by Crippen LogP contribution is 1.85. The summed E-state index contributed by atoms with van der Waals surface area (Å²) in [5, 5.41) is 0. The summed E-state index contributed by atoms with van der Waals surface area (Å²) in [6.07, 6.45) is 0.323. The first-order valence-corrected chi connectivity index (χ1v) is 2.50. The van der Waals surface area contributed by atoms with Crippen molar-refractivity contribution in [3.63, 3.8) is 0 Å². The monoisotopic (exact) mass is 122 g/mol. The van der Waals surface area contributed by atoms with E-state index < -0.39 is 0 Å². The predicted octanol–water partition coefficient (Wildman–Crippen LogP) is -0.599. The van der Waals surface area contributed by atoms with Crippen LogP contribution in [0.3, 0.4) is 0 Å². The molecule has 0 spiro atoms. The van der Waals surface area contributed by atoms with Crippen LogP contribution < -0.4 is 5.73 Å². The molecule has 0 aromatic carbocycles. The molecule has 0 aliphatic rings. The number of carbonyl (C=O) groups excluding carboxylic acids is 1. The van der Waals surface area contributed by atoms with Crippen LogP contribution in [0.5, 0.6) is 0 Å². The summed E-state index contributed by atoms with van der Waals surface area (Å²) in [6, 6.07) is 0. The molecule has 7 heavy (non-hydrogen) atoms. The van der Waals surface area contributed by atoms with E-state index in [9.17, 15) is 4.79 Å². The molecule has 3 nitrogen and oxygen atoms in total. The van der Waals surface area contributed by atoms with Gasteiger partial charge in [-0.25, -0.2) is 4.52 Å². The molecule has 0 aromatic heterocycles. The molecule has 0 aliphatic carbocycles. The van der Waals surface area contributed by atoms with Gasteiger partial charge in [-0.05, 0) is 0 Å². The van der Waals surface area contributed by atoms with Crippen LogP contribution in [0.1, 0.15) is 6.42 Å². The summed E-state index contributed by atoms with van der Waals surface area (Å²) in [6.45, 7) is 0.438. The zero-order chi connectivity index (χ0) is 5.70. The molecule has 0 bridgehead atoms. The highest BCUT2D eigenvalue weighted by atomic mass is 31.0. The lowest BCUT2D eigenvalue weighted by atomic mass is 10.4. The first kappa shape index (κ1) is 6.86. The van der Waals surface area contributed by atoms with Crippen molar-refractivity contribution < 1.29 is 9.32 Å². The summed E-state index contributed by atoms with van der Waals surface area (Å²) < 4.78 is 4.58. The molecule has 2 N–H and O–H groups in total. The third kappa shape index (κ3) is 5.86. The highest BCUT2D eigenvalue weighted by Gasteiger charge is 1.90. The lowest BCUT2D eigenvalue weighted by Crippen LogP contribution is -2.11. The van der Waals surface area contributed by atoms with E-state index in [1.165, 1.54) is 9.47 Å². The third-order valence-electron chi connectivity index (χ3n) is 0.493. The van der Waals surface area contributed by atoms with E-state index in [2.05, 4.69) is 4.52 Å². The van der Waals surface area contributed by atoms with Crippen LogP contribution in [0.4, 0.5) is 0 Å². The number of primary amides is 1. The summed E-state index contributed by atoms with van der Waals surface area (Å²) in [5.41, 5.74) is 4.76. The molecule has 1 atom stereocenters. The lowest BCUT2D eigenvalue weighted by molar-refractivity contribution is -0.118. The molecule has 42 valence electrons. The quantitative estimate of drug-likeness (QED) is 0.508. The summed E-state index contributed by atoms with van der Waals surface area (Å²) >= 11 is 0. The van der Waals surface area contributed by atoms with Gasteiger partial charge in [0.15, 0.2) is 0 Å². The van der Waals surface area contributed by atoms with E-state index in [4.69, 9.17) is 5.73 Å². The van der Waals surface area contributed by atoms with Crippen LogP contribution in [0, 0.1) is 0 Å². The van der Waals surface area contributed by atoms with E-state index in [1.807, 2.05) is 0 Å². The minimum atomic E-state index is -0.313. The zero-order valence-corrected chi connectivity index (χ0v) is 5.43. The average Bonchev–Trinajstić information content (AvgIpc) is 1.61. The molecular weight excluding hydrogens is 113 g/mol. The Bertz CT molecular complexity index is 66.0. The molecule has 0 saturated carbocycles. The van der Waals surface area contributed by atoms with Gasteiger partial charge < -0.3 is 5.73 Å². The Hall–Kier alpha value is -0.140. The Morgan fingerprint density at radius 3 is 2.57 bits per heavy atom. The normalized spacial score (nSPS) is 9.14. The number of nitrogens with two attached hydrogens (primary N) is 1. The molecule has 1 amide bonds.